The van der Waals surface area contributed by atoms with Crippen LogP contribution in [-0.4, -0.2) is 17.8 Å². The van der Waals surface area contributed by atoms with E-state index < -0.39 is 17.8 Å². The molecule has 1 fully saturated rings. The number of carboxylic acid groups (broad SMARTS) is 1. The first-order valence-electron chi connectivity index (χ1n) is 8.57. The van der Waals surface area contributed by atoms with Crippen molar-refractivity contribution in [2.75, 3.05) is 5.01 Å². The van der Waals surface area contributed by atoms with E-state index in [4.69, 9.17) is 16.0 Å². The number of hydrogen-bond donors (Lipinski definition) is 1. The Morgan fingerprint density at radius 1 is 1.13 bits per heavy atom. The van der Waals surface area contributed by atoms with Crippen LogP contribution >= 0.6 is 27.5 Å². The van der Waals surface area contributed by atoms with Gasteiger partial charge in [-0.05, 0) is 54.6 Å². The van der Waals surface area contributed by atoms with E-state index in [1.165, 1.54) is 18.2 Å². The second-order valence-corrected chi connectivity index (χ2v) is 7.65. The van der Waals surface area contributed by atoms with E-state index >= 15 is 0 Å². The van der Waals surface area contributed by atoms with Crippen LogP contribution in [0, 0.1) is 0 Å². The number of nitrogens with one attached hydrogen (secondary N) is 1. The van der Waals surface area contributed by atoms with Crippen LogP contribution in [0.5, 0.6) is 0 Å². The predicted octanol–water partition coefficient (Wildman–Crippen LogP) is 3.19. The number of carboxylic acids is 1. The number of furan rings is 1. The number of carbonyl (C=O) groups is 3. The summed E-state index contributed by atoms with van der Waals surface area (Å²) in [7, 11) is 0. The lowest BCUT2D eigenvalue weighted by Gasteiger charge is -2.14. The summed E-state index contributed by atoms with van der Waals surface area (Å²) >= 11 is 9.17. The van der Waals surface area contributed by atoms with E-state index in [0.717, 1.165) is 5.01 Å². The van der Waals surface area contributed by atoms with Crippen LogP contribution in [0.1, 0.15) is 16.1 Å². The SMILES string of the molecule is O=C1NN(c2cccc(Cl)c2)C(=O)/C1=C\c1ccc(-c2ccc(Br)cc2C(=O)[O-])o1. The van der Waals surface area contributed by atoms with Gasteiger partial charge in [-0.3, -0.25) is 15.0 Å². The Kier molecular flexibility index (Phi) is 5.19. The standard InChI is InChI=1S/C21H12BrClN2O5/c22-11-4-6-15(16(8-11)21(28)29)18-7-5-14(30-18)10-17-19(26)24-25(20(17)27)13-3-1-2-12(23)9-13/h1-10H,(H,24,26)(H,28,29)/p-1/b17-10-. The first kappa shape index (κ1) is 19.9. The molecule has 0 saturated carbocycles. The normalized spacial score (nSPS) is 15.0. The minimum absolute atomic E-state index is 0.0558. The number of halogens is 2. The monoisotopic (exact) mass is 485 g/mol. The molecule has 0 aliphatic carbocycles. The number of benzene rings is 2. The molecule has 1 saturated heterocycles. The van der Waals surface area contributed by atoms with Crippen LogP contribution in [0.3, 0.4) is 0 Å². The molecule has 2 amide bonds. The van der Waals surface area contributed by atoms with Gasteiger partial charge in [-0.15, -0.1) is 0 Å². The van der Waals surface area contributed by atoms with Crippen molar-refractivity contribution in [2.24, 2.45) is 0 Å². The topological polar surface area (TPSA) is 103 Å². The molecule has 1 aliphatic rings. The summed E-state index contributed by atoms with van der Waals surface area (Å²) in [5.41, 5.74) is 3.01. The van der Waals surface area contributed by atoms with Gasteiger partial charge >= 0.3 is 0 Å². The average Bonchev–Trinajstić information content (AvgIpc) is 3.28. The van der Waals surface area contributed by atoms with Crippen molar-refractivity contribution in [3.63, 3.8) is 0 Å². The van der Waals surface area contributed by atoms with E-state index in [-0.39, 0.29) is 22.7 Å². The Bertz CT molecular complexity index is 1230. The van der Waals surface area contributed by atoms with Gasteiger partial charge in [0.2, 0.25) is 0 Å². The molecular weight excluding hydrogens is 476 g/mol. The van der Waals surface area contributed by atoms with Gasteiger partial charge in [0, 0.05) is 20.6 Å². The molecule has 7 nitrogen and oxygen atoms in total. The molecule has 1 aromatic heterocycles. The molecule has 0 spiro atoms. The van der Waals surface area contributed by atoms with E-state index in [9.17, 15) is 19.5 Å². The number of amides is 2. The Labute approximate surface area is 183 Å². The van der Waals surface area contributed by atoms with Gasteiger partial charge in [0.05, 0.1) is 11.7 Å². The van der Waals surface area contributed by atoms with Crippen molar-refractivity contribution in [1.29, 1.82) is 0 Å². The highest BCUT2D eigenvalue weighted by molar-refractivity contribution is 9.10. The highest BCUT2D eigenvalue weighted by Crippen LogP contribution is 2.30. The molecule has 9 heteroatoms. The number of rotatable bonds is 4. The third kappa shape index (κ3) is 3.74. The maximum atomic E-state index is 12.7. The van der Waals surface area contributed by atoms with Gasteiger partial charge < -0.3 is 14.3 Å². The highest BCUT2D eigenvalue weighted by Gasteiger charge is 2.34. The zero-order valence-corrected chi connectivity index (χ0v) is 17.4. The molecule has 3 aromatic rings. The van der Waals surface area contributed by atoms with E-state index in [1.54, 1.807) is 42.5 Å². The summed E-state index contributed by atoms with van der Waals surface area (Å²) in [6.45, 7) is 0. The lowest BCUT2D eigenvalue weighted by molar-refractivity contribution is -0.255. The van der Waals surface area contributed by atoms with Crippen LogP contribution in [-0.2, 0) is 9.59 Å². The van der Waals surface area contributed by atoms with Gasteiger partial charge in [0.15, 0.2) is 0 Å². The highest BCUT2D eigenvalue weighted by atomic mass is 79.9. The number of aromatic carboxylic acids is 1. The molecule has 150 valence electrons. The van der Waals surface area contributed by atoms with Gasteiger partial charge in [-0.2, -0.15) is 0 Å². The van der Waals surface area contributed by atoms with Crippen molar-refractivity contribution in [1.82, 2.24) is 5.43 Å². The minimum Gasteiger partial charge on any atom is -0.545 e. The number of hydrogen-bond acceptors (Lipinski definition) is 5. The Morgan fingerprint density at radius 3 is 2.67 bits per heavy atom. The van der Waals surface area contributed by atoms with Gasteiger partial charge in [0.1, 0.15) is 17.1 Å². The smallest absolute Gasteiger partial charge is 0.282 e. The number of hydrazine groups is 1. The van der Waals surface area contributed by atoms with Crippen LogP contribution in [0.15, 0.2) is 69.1 Å². The largest absolute Gasteiger partial charge is 0.545 e. The molecule has 1 N–H and O–H groups in total. The summed E-state index contributed by atoms with van der Waals surface area (Å²) in [6.07, 6.45) is 1.29. The molecule has 4 rings (SSSR count). The molecule has 2 aromatic carbocycles. The third-order valence-corrected chi connectivity index (χ3v) is 5.07. The summed E-state index contributed by atoms with van der Waals surface area (Å²) in [5.74, 6) is -2.06. The number of nitrogens with zero attached hydrogens (tertiary/aromatic N) is 1. The molecule has 30 heavy (non-hydrogen) atoms. The maximum Gasteiger partial charge on any atom is 0.282 e. The van der Waals surface area contributed by atoms with Crippen LogP contribution in [0.25, 0.3) is 17.4 Å². The van der Waals surface area contributed by atoms with Crippen molar-refractivity contribution >= 4 is 57.1 Å². The average molecular weight is 487 g/mol. The Balaban J connectivity index is 1.66. The molecule has 0 bridgehead atoms. The summed E-state index contributed by atoms with van der Waals surface area (Å²) in [5, 5.41) is 12.9. The molecule has 0 unspecified atom stereocenters. The van der Waals surface area contributed by atoms with Crippen LogP contribution in [0.4, 0.5) is 5.69 Å². The zero-order chi connectivity index (χ0) is 21.4. The summed E-state index contributed by atoms with van der Waals surface area (Å²) in [6, 6.07) is 14.2. The minimum atomic E-state index is -1.36. The molecular formula is C21H11BrClN2O5-. The first-order chi connectivity index (χ1) is 14.3. The first-order valence-corrected chi connectivity index (χ1v) is 9.74. The van der Waals surface area contributed by atoms with Crippen molar-refractivity contribution < 1.29 is 23.9 Å². The fourth-order valence-corrected chi connectivity index (χ4v) is 3.52. The second-order valence-electron chi connectivity index (χ2n) is 6.30. The van der Waals surface area contributed by atoms with Gasteiger partial charge in [-0.1, -0.05) is 33.6 Å². The fourth-order valence-electron chi connectivity index (χ4n) is 2.97. The van der Waals surface area contributed by atoms with E-state index in [0.29, 0.717) is 20.7 Å². The quantitative estimate of drug-likeness (QED) is 0.451. The maximum absolute atomic E-state index is 12.7. The van der Waals surface area contributed by atoms with Crippen LogP contribution < -0.4 is 15.5 Å². The molecule has 0 atom stereocenters. The predicted molar refractivity (Wildman–Crippen MR) is 111 cm³/mol. The number of anilines is 1. The lowest BCUT2D eigenvalue weighted by Crippen LogP contribution is -2.35. The van der Waals surface area contributed by atoms with Crippen molar-refractivity contribution in [2.45, 2.75) is 0 Å². The lowest BCUT2D eigenvalue weighted by atomic mass is 10.1. The Morgan fingerprint density at radius 2 is 1.93 bits per heavy atom. The van der Waals surface area contributed by atoms with E-state index in [1.807, 2.05) is 0 Å². The van der Waals surface area contributed by atoms with Gasteiger partial charge in [0.25, 0.3) is 11.8 Å². The molecule has 0 radical (unpaired) electrons. The third-order valence-electron chi connectivity index (χ3n) is 4.34. The fraction of sp³-hybridized carbons (Fsp3) is 0. The number of carbonyl (C=O) groups excluding carboxylic acids is 3. The summed E-state index contributed by atoms with van der Waals surface area (Å²) < 4.78 is 6.24. The Hall–Kier alpha value is -3.36. The zero-order valence-electron chi connectivity index (χ0n) is 15.0. The van der Waals surface area contributed by atoms with Crippen molar-refractivity contribution in [3.05, 3.63) is 81.0 Å². The van der Waals surface area contributed by atoms with Gasteiger partial charge in [-0.25, -0.2) is 5.01 Å². The van der Waals surface area contributed by atoms with Crippen molar-refractivity contribution in [3.8, 4) is 11.3 Å². The second kappa shape index (κ2) is 7.81. The van der Waals surface area contributed by atoms with E-state index in [2.05, 4.69) is 21.4 Å². The van der Waals surface area contributed by atoms with Crippen LogP contribution in [0.2, 0.25) is 5.02 Å². The molecule has 2 heterocycles. The summed E-state index contributed by atoms with van der Waals surface area (Å²) in [4.78, 5) is 36.4. The molecule has 1 aliphatic heterocycles.